The van der Waals surface area contributed by atoms with Gasteiger partial charge in [0.25, 0.3) is 5.91 Å². The molecule has 0 aromatic carbocycles. The number of nitriles is 1. The molecule has 1 aliphatic carbocycles. The van der Waals surface area contributed by atoms with Gasteiger partial charge in [-0.1, -0.05) is 26.2 Å². The lowest BCUT2D eigenvalue weighted by molar-refractivity contribution is 0.0899. The number of nitrogens with zero attached hydrogens (tertiary/aromatic N) is 2. The Kier molecular flexibility index (Phi) is 4.51. The molecule has 0 saturated heterocycles. The number of aromatic nitrogens is 1. The molecule has 100 valence electrons. The summed E-state index contributed by atoms with van der Waals surface area (Å²) < 4.78 is 0. The van der Waals surface area contributed by atoms with E-state index in [9.17, 15) is 4.79 Å². The van der Waals surface area contributed by atoms with E-state index in [4.69, 9.17) is 5.26 Å². The summed E-state index contributed by atoms with van der Waals surface area (Å²) >= 11 is 0. The Morgan fingerprint density at radius 2 is 2.26 bits per heavy atom. The zero-order valence-electron chi connectivity index (χ0n) is 11.2. The summed E-state index contributed by atoms with van der Waals surface area (Å²) in [6.07, 6.45) is 7.24. The molecule has 2 atom stereocenters. The zero-order chi connectivity index (χ0) is 13.7. The van der Waals surface area contributed by atoms with Crippen molar-refractivity contribution in [1.82, 2.24) is 10.3 Å². The second-order valence-electron chi connectivity index (χ2n) is 5.08. The van der Waals surface area contributed by atoms with Crippen LogP contribution in [0.25, 0.3) is 0 Å². The van der Waals surface area contributed by atoms with E-state index in [2.05, 4.69) is 17.2 Å². The highest BCUT2D eigenvalue weighted by Crippen LogP contribution is 2.26. The summed E-state index contributed by atoms with van der Waals surface area (Å²) in [5.74, 6) is 0.450. The molecule has 0 aliphatic heterocycles. The summed E-state index contributed by atoms with van der Waals surface area (Å²) in [5.41, 5.74) is 0.861. The van der Waals surface area contributed by atoms with E-state index in [0.29, 0.717) is 17.2 Å². The Hall–Kier alpha value is -1.89. The van der Waals surface area contributed by atoms with Gasteiger partial charge in [0.15, 0.2) is 0 Å². The molecule has 1 fully saturated rings. The van der Waals surface area contributed by atoms with Crippen molar-refractivity contribution in [2.45, 2.75) is 45.1 Å². The minimum absolute atomic E-state index is 0.130. The fourth-order valence-electron chi connectivity index (χ4n) is 2.72. The molecule has 4 heteroatoms. The van der Waals surface area contributed by atoms with Gasteiger partial charge in [0.1, 0.15) is 11.8 Å². The molecule has 4 nitrogen and oxygen atoms in total. The molecule has 1 amide bonds. The second kappa shape index (κ2) is 6.33. The van der Waals surface area contributed by atoms with Crippen LogP contribution in [0.3, 0.4) is 0 Å². The highest BCUT2D eigenvalue weighted by Gasteiger charge is 2.25. The van der Waals surface area contributed by atoms with Crippen molar-refractivity contribution < 1.29 is 4.79 Å². The van der Waals surface area contributed by atoms with E-state index in [1.54, 1.807) is 12.1 Å². The van der Waals surface area contributed by atoms with Gasteiger partial charge in [0.05, 0.1) is 5.56 Å². The predicted octanol–water partition coefficient (Wildman–Crippen LogP) is 2.65. The first-order valence-electron chi connectivity index (χ1n) is 6.91. The van der Waals surface area contributed by atoms with E-state index in [0.717, 1.165) is 12.8 Å². The average molecular weight is 257 g/mol. The Morgan fingerprint density at radius 3 is 2.89 bits per heavy atom. The normalized spacial score (nSPS) is 22.5. The minimum atomic E-state index is -0.130. The Morgan fingerprint density at radius 1 is 1.47 bits per heavy atom. The van der Waals surface area contributed by atoms with Crippen molar-refractivity contribution in [3.63, 3.8) is 0 Å². The summed E-state index contributed by atoms with van der Waals surface area (Å²) in [7, 11) is 0. The van der Waals surface area contributed by atoms with Gasteiger partial charge < -0.3 is 5.32 Å². The van der Waals surface area contributed by atoms with Crippen LogP contribution in [0.5, 0.6) is 0 Å². The molecule has 1 heterocycles. The van der Waals surface area contributed by atoms with Crippen LogP contribution in [0.4, 0.5) is 0 Å². The van der Waals surface area contributed by atoms with Crippen LogP contribution in [0.2, 0.25) is 0 Å². The lowest BCUT2D eigenvalue weighted by Gasteiger charge is -2.31. The second-order valence-corrected chi connectivity index (χ2v) is 5.08. The summed E-state index contributed by atoms with van der Waals surface area (Å²) in [4.78, 5) is 16.1. The summed E-state index contributed by atoms with van der Waals surface area (Å²) in [5, 5.41) is 11.8. The van der Waals surface area contributed by atoms with Crippen molar-refractivity contribution in [2.24, 2.45) is 5.92 Å². The van der Waals surface area contributed by atoms with E-state index < -0.39 is 0 Å². The largest absolute Gasteiger partial charge is 0.348 e. The summed E-state index contributed by atoms with van der Waals surface area (Å²) in [6.45, 7) is 2.18. The molecule has 0 radical (unpaired) electrons. The maximum atomic E-state index is 12.1. The number of hydrogen-bond acceptors (Lipinski definition) is 3. The van der Waals surface area contributed by atoms with Gasteiger partial charge in [0.2, 0.25) is 0 Å². The Bertz CT molecular complexity index is 475. The highest BCUT2D eigenvalue weighted by molar-refractivity contribution is 5.92. The number of nitrogens with one attached hydrogen (secondary N) is 1. The molecule has 1 aromatic rings. The Balaban J connectivity index is 2.01. The molecule has 1 aliphatic rings. The third-order valence-corrected chi connectivity index (χ3v) is 3.88. The fourth-order valence-corrected chi connectivity index (χ4v) is 2.72. The number of rotatable bonds is 3. The number of carbonyl (C=O) groups excluding carboxylic acids is 1. The number of carbonyl (C=O) groups is 1. The zero-order valence-corrected chi connectivity index (χ0v) is 11.2. The first-order valence-corrected chi connectivity index (χ1v) is 6.91. The van der Waals surface area contributed by atoms with Crippen molar-refractivity contribution in [3.05, 3.63) is 29.6 Å². The van der Waals surface area contributed by atoms with Crippen molar-refractivity contribution in [1.29, 1.82) is 5.26 Å². The maximum absolute atomic E-state index is 12.1. The topological polar surface area (TPSA) is 65.8 Å². The maximum Gasteiger partial charge on any atom is 0.270 e. The predicted molar refractivity (Wildman–Crippen MR) is 72.5 cm³/mol. The third kappa shape index (κ3) is 3.31. The molecular weight excluding hydrogens is 238 g/mol. The van der Waals surface area contributed by atoms with Crippen LogP contribution in [0.15, 0.2) is 18.3 Å². The third-order valence-electron chi connectivity index (χ3n) is 3.88. The van der Waals surface area contributed by atoms with E-state index in [-0.39, 0.29) is 11.9 Å². The molecule has 19 heavy (non-hydrogen) atoms. The van der Waals surface area contributed by atoms with Crippen molar-refractivity contribution >= 4 is 5.91 Å². The van der Waals surface area contributed by atoms with Gasteiger partial charge >= 0.3 is 0 Å². The molecule has 1 aromatic heterocycles. The van der Waals surface area contributed by atoms with Gasteiger partial charge in [-0.3, -0.25) is 4.79 Å². The van der Waals surface area contributed by atoms with Crippen molar-refractivity contribution in [2.75, 3.05) is 0 Å². The molecule has 0 bridgehead atoms. The van der Waals surface area contributed by atoms with Crippen LogP contribution in [-0.4, -0.2) is 16.9 Å². The van der Waals surface area contributed by atoms with Gasteiger partial charge in [-0.05, 0) is 30.9 Å². The number of hydrogen-bond donors (Lipinski definition) is 1. The fraction of sp³-hybridized carbons (Fsp3) is 0.533. The van der Waals surface area contributed by atoms with E-state index in [1.807, 2.05) is 6.07 Å². The van der Waals surface area contributed by atoms with Crippen LogP contribution in [0.1, 0.15) is 55.1 Å². The van der Waals surface area contributed by atoms with Gasteiger partial charge in [-0.2, -0.15) is 5.26 Å². The summed E-state index contributed by atoms with van der Waals surface area (Å²) in [6, 6.07) is 5.50. The van der Waals surface area contributed by atoms with Crippen LogP contribution >= 0.6 is 0 Å². The average Bonchev–Trinajstić information content (AvgIpc) is 2.48. The highest BCUT2D eigenvalue weighted by atomic mass is 16.1. The minimum Gasteiger partial charge on any atom is -0.348 e. The van der Waals surface area contributed by atoms with Crippen LogP contribution in [-0.2, 0) is 0 Å². The number of pyridine rings is 1. The molecule has 0 spiro atoms. The number of amides is 1. The van der Waals surface area contributed by atoms with Crippen LogP contribution < -0.4 is 5.32 Å². The monoisotopic (exact) mass is 257 g/mol. The molecule has 2 unspecified atom stereocenters. The Labute approximate surface area is 113 Å². The van der Waals surface area contributed by atoms with E-state index in [1.165, 1.54) is 25.5 Å². The first kappa shape index (κ1) is 13.5. The lowest BCUT2D eigenvalue weighted by atomic mass is 9.83. The molecule has 1 N–H and O–H groups in total. The lowest BCUT2D eigenvalue weighted by Crippen LogP contribution is -2.42. The standard InChI is InChI=1S/C15H19N3O/c1-2-12-5-3-4-6-13(12)18-15(19)14-8-7-11(9-16)10-17-14/h7-8,10,12-13H,2-6H2,1H3,(H,18,19). The SMILES string of the molecule is CCC1CCCCC1NC(=O)c1ccc(C#N)cn1. The molecule has 1 saturated carbocycles. The van der Waals surface area contributed by atoms with Crippen molar-refractivity contribution in [3.8, 4) is 6.07 Å². The smallest absolute Gasteiger partial charge is 0.270 e. The molecular formula is C15H19N3O. The molecule has 2 rings (SSSR count). The van der Waals surface area contributed by atoms with Gasteiger partial charge in [-0.25, -0.2) is 4.98 Å². The first-order chi connectivity index (χ1) is 9.24. The quantitative estimate of drug-likeness (QED) is 0.905. The van der Waals surface area contributed by atoms with E-state index >= 15 is 0 Å². The van der Waals surface area contributed by atoms with Gasteiger partial charge in [-0.15, -0.1) is 0 Å². The van der Waals surface area contributed by atoms with Crippen LogP contribution in [0, 0.1) is 17.2 Å². The van der Waals surface area contributed by atoms with Gasteiger partial charge in [0, 0.05) is 12.2 Å².